The molecular formula is C20H16FN5O2S. The molecule has 0 unspecified atom stereocenters. The molecular weight excluding hydrogens is 393 g/mol. The van der Waals surface area contributed by atoms with Crippen LogP contribution >= 0.6 is 11.3 Å². The number of hydrogen-bond acceptors (Lipinski definition) is 7. The number of aromatic nitrogens is 4. The summed E-state index contributed by atoms with van der Waals surface area (Å²) in [6, 6.07) is 3.12. The van der Waals surface area contributed by atoms with Crippen molar-refractivity contribution >= 4 is 22.4 Å². The van der Waals surface area contributed by atoms with E-state index >= 15 is 0 Å². The van der Waals surface area contributed by atoms with Crippen LogP contribution in [0.1, 0.15) is 33.9 Å². The Kier molecular flexibility index (Phi) is 5.44. The minimum Gasteiger partial charge on any atom is -0.494 e. The molecule has 4 rings (SSSR count). The van der Waals surface area contributed by atoms with Gasteiger partial charge in [0.25, 0.3) is 5.91 Å². The predicted molar refractivity (Wildman–Crippen MR) is 106 cm³/mol. The van der Waals surface area contributed by atoms with Gasteiger partial charge in [0, 0.05) is 29.4 Å². The maximum atomic E-state index is 13.1. The van der Waals surface area contributed by atoms with Crippen molar-refractivity contribution in [2.75, 3.05) is 12.4 Å². The minimum atomic E-state index is -0.728. The molecule has 9 heteroatoms. The standard InChI is InChI=1S/C20H16FN5O2S/c1-28-17-11-23-13(9-21)8-15(17)16-10-22-7-6-14(16)19(27)24-20-26-25-18(29-20)5-4-12-2-3-12/h6-8,10-12H,2-3,9H2,1H3,(H,24,26,27). The monoisotopic (exact) mass is 409 g/mol. The zero-order chi connectivity index (χ0) is 20.2. The molecule has 0 aromatic carbocycles. The molecule has 0 aliphatic heterocycles. The molecule has 0 atom stereocenters. The summed E-state index contributed by atoms with van der Waals surface area (Å²) in [6.45, 7) is -0.728. The van der Waals surface area contributed by atoms with E-state index in [1.807, 2.05) is 0 Å². The summed E-state index contributed by atoms with van der Waals surface area (Å²) in [7, 11) is 1.48. The van der Waals surface area contributed by atoms with Gasteiger partial charge in [-0.3, -0.25) is 20.1 Å². The molecule has 29 heavy (non-hydrogen) atoms. The lowest BCUT2D eigenvalue weighted by molar-refractivity contribution is 0.102. The molecule has 1 N–H and O–H groups in total. The number of pyridine rings is 2. The van der Waals surface area contributed by atoms with Crippen molar-refractivity contribution in [1.82, 2.24) is 20.2 Å². The molecule has 0 radical (unpaired) electrons. The molecule has 1 saturated carbocycles. The molecule has 3 aromatic heterocycles. The Balaban J connectivity index is 1.62. The normalized spacial score (nSPS) is 12.8. The fourth-order valence-corrected chi connectivity index (χ4v) is 3.22. The topological polar surface area (TPSA) is 89.9 Å². The van der Waals surface area contributed by atoms with Gasteiger partial charge in [0.15, 0.2) is 5.01 Å². The van der Waals surface area contributed by atoms with Crippen LogP contribution < -0.4 is 10.1 Å². The Hall–Kier alpha value is -3.38. The smallest absolute Gasteiger partial charge is 0.258 e. The highest BCUT2D eigenvalue weighted by atomic mass is 32.1. The van der Waals surface area contributed by atoms with E-state index in [0.717, 1.165) is 12.8 Å². The van der Waals surface area contributed by atoms with Crippen LogP contribution in [-0.2, 0) is 6.67 Å². The van der Waals surface area contributed by atoms with Crippen LogP contribution in [0.5, 0.6) is 5.75 Å². The summed E-state index contributed by atoms with van der Waals surface area (Å²) in [5.74, 6) is 6.58. The van der Waals surface area contributed by atoms with Crippen LogP contribution in [0.2, 0.25) is 0 Å². The van der Waals surface area contributed by atoms with E-state index in [1.54, 1.807) is 12.1 Å². The number of carbonyl (C=O) groups is 1. The SMILES string of the molecule is COc1cnc(CF)cc1-c1cnccc1C(=O)Nc1nnc(C#CC2CC2)s1. The average Bonchev–Trinajstić information content (AvgIpc) is 3.49. The summed E-state index contributed by atoms with van der Waals surface area (Å²) in [5.41, 5.74) is 1.60. The van der Waals surface area contributed by atoms with Crippen LogP contribution in [0.3, 0.4) is 0 Å². The van der Waals surface area contributed by atoms with E-state index in [-0.39, 0.29) is 11.6 Å². The Bertz CT molecular complexity index is 1120. The molecule has 0 bridgehead atoms. The van der Waals surface area contributed by atoms with Gasteiger partial charge in [-0.05, 0) is 30.9 Å². The number of ether oxygens (including phenoxy) is 1. The van der Waals surface area contributed by atoms with Gasteiger partial charge in [0.1, 0.15) is 12.4 Å². The van der Waals surface area contributed by atoms with Gasteiger partial charge < -0.3 is 4.74 Å². The first-order valence-electron chi connectivity index (χ1n) is 8.87. The third-order valence-corrected chi connectivity index (χ3v) is 5.00. The second kappa shape index (κ2) is 8.32. The fourth-order valence-electron chi connectivity index (χ4n) is 2.62. The number of carbonyl (C=O) groups excluding carboxylic acids is 1. The van der Waals surface area contributed by atoms with E-state index in [0.29, 0.717) is 38.5 Å². The second-order valence-corrected chi connectivity index (χ2v) is 7.32. The Morgan fingerprint density at radius 3 is 2.97 bits per heavy atom. The molecule has 1 aliphatic carbocycles. The van der Waals surface area contributed by atoms with Crippen molar-refractivity contribution in [1.29, 1.82) is 0 Å². The van der Waals surface area contributed by atoms with Gasteiger partial charge in [-0.2, -0.15) is 0 Å². The van der Waals surface area contributed by atoms with Crippen molar-refractivity contribution in [3.63, 3.8) is 0 Å². The molecule has 3 heterocycles. The van der Waals surface area contributed by atoms with Gasteiger partial charge in [0.05, 0.1) is 24.6 Å². The number of hydrogen-bond donors (Lipinski definition) is 1. The predicted octanol–water partition coefficient (Wildman–Crippen LogP) is 3.49. The van der Waals surface area contributed by atoms with Crippen LogP contribution in [0, 0.1) is 17.8 Å². The van der Waals surface area contributed by atoms with Crippen LogP contribution in [0.15, 0.2) is 30.7 Å². The summed E-state index contributed by atoms with van der Waals surface area (Å²) in [5, 5.41) is 11.6. The van der Waals surface area contributed by atoms with E-state index in [1.165, 1.54) is 37.0 Å². The van der Waals surface area contributed by atoms with Crippen molar-refractivity contribution < 1.29 is 13.9 Å². The quantitative estimate of drug-likeness (QED) is 0.649. The number of anilines is 1. The van der Waals surface area contributed by atoms with E-state index in [4.69, 9.17) is 4.74 Å². The number of nitrogens with one attached hydrogen (secondary N) is 1. The summed E-state index contributed by atoms with van der Waals surface area (Å²) in [4.78, 5) is 21.0. The van der Waals surface area contributed by atoms with E-state index in [2.05, 4.69) is 37.3 Å². The van der Waals surface area contributed by atoms with E-state index < -0.39 is 6.67 Å². The first kappa shape index (κ1) is 19.0. The van der Waals surface area contributed by atoms with Crippen LogP contribution in [0.25, 0.3) is 11.1 Å². The van der Waals surface area contributed by atoms with Crippen molar-refractivity contribution in [3.8, 4) is 28.7 Å². The molecule has 7 nitrogen and oxygen atoms in total. The van der Waals surface area contributed by atoms with Crippen molar-refractivity contribution in [3.05, 3.63) is 47.0 Å². The molecule has 1 fully saturated rings. The third-order valence-electron chi connectivity index (χ3n) is 4.24. The molecule has 3 aromatic rings. The summed E-state index contributed by atoms with van der Waals surface area (Å²) < 4.78 is 18.4. The number of methoxy groups -OCH3 is 1. The number of halogens is 1. The lowest BCUT2D eigenvalue weighted by Crippen LogP contribution is -2.13. The fraction of sp³-hybridized carbons (Fsp3) is 0.250. The van der Waals surface area contributed by atoms with Gasteiger partial charge in [-0.1, -0.05) is 17.3 Å². The maximum Gasteiger partial charge on any atom is 0.258 e. The Labute approximate surface area is 170 Å². The average molecular weight is 409 g/mol. The molecule has 1 amide bonds. The zero-order valence-corrected chi connectivity index (χ0v) is 16.3. The largest absolute Gasteiger partial charge is 0.494 e. The number of amides is 1. The first-order valence-corrected chi connectivity index (χ1v) is 9.69. The highest BCUT2D eigenvalue weighted by molar-refractivity contribution is 7.15. The molecule has 0 saturated heterocycles. The summed E-state index contributed by atoms with van der Waals surface area (Å²) in [6.07, 6.45) is 6.72. The second-order valence-electron chi connectivity index (χ2n) is 6.34. The lowest BCUT2D eigenvalue weighted by Gasteiger charge is -2.12. The van der Waals surface area contributed by atoms with Gasteiger partial charge >= 0.3 is 0 Å². The molecule has 1 aliphatic rings. The Morgan fingerprint density at radius 1 is 1.34 bits per heavy atom. The highest BCUT2D eigenvalue weighted by Gasteiger charge is 2.19. The zero-order valence-electron chi connectivity index (χ0n) is 15.5. The Morgan fingerprint density at radius 2 is 2.21 bits per heavy atom. The van der Waals surface area contributed by atoms with Crippen molar-refractivity contribution in [2.45, 2.75) is 19.5 Å². The number of nitrogens with zero attached hydrogens (tertiary/aromatic N) is 4. The third kappa shape index (κ3) is 4.38. The first-order chi connectivity index (χ1) is 14.2. The maximum absolute atomic E-state index is 13.1. The minimum absolute atomic E-state index is 0.235. The van der Waals surface area contributed by atoms with Crippen LogP contribution in [0.4, 0.5) is 9.52 Å². The van der Waals surface area contributed by atoms with Crippen LogP contribution in [-0.4, -0.2) is 33.2 Å². The molecule has 0 spiro atoms. The lowest BCUT2D eigenvalue weighted by atomic mass is 10.0. The number of rotatable bonds is 5. The summed E-state index contributed by atoms with van der Waals surface area (Å²) >= 11 is 1.21. The van der Waals surface area contributed by atoms with Gasteiger partial charge in [-0.25, -0.2) is 4.39 Å². The number of alkyl halides is 1. The van der Waals surface area contributed by atoms with Gasteiger partial charge in [0.2, 0.25) is 5.13 Å². The molecule has 146 valence electrons. The highest BCUT2D eigenvalue weighted by Crippen LogP contribution is 2.32. The van der Waals surface area contributed by atoms with Crippen molar-refractivity contribution in [2.24, 2.45) is 5.92 Å². The van der Waals surface area contributed by atoms with E-state index in [9.17, 15) is 9.18 Å². The van der Waals surface area contributed by atoms with Gasteiger partial charge in [-0.15, -0.1) is 10.2 Å².